The van der Waals surface area contributed by atoms with Gasteiger partial charge in [-0.25, -0.2) is 4.98 Å². The van der Waals surface area contributed by atoms with Gasteiger partial charge in [-0.15, -0.1) is 0 Å². The highest BCUT2D eigenvalue weighted by atomic mass is 35.5. The minimum atomic E-state index is 0.0122. The topological polar surface area (TPSA) is 66.1 Å². The van der Waals surface area contributed by atoms with Crippen LogP contribution >= 0.6 is 23.2 Å². The molecule has 18 heavy (non-hydrogen) atoms. The van der Waals surface area contributed by atoms with Crippen LogP contribution in [0.3, 0.4) is 0 Å². The molecule has 0 aromatic carbocycles. The fraction of sp³-hybridized carbons (Fsp3) is 0.455. The first-order valence-corrected chi connectivity index (χ1v) is 6.49. The Morgan fingerprint density at radius 3 is 2.78 bits per heavy atom. The lowest BCUT2D eigenvalue weighted by atomic mass is 10.2. The summed E-state index contributed by atoms with van der Waals surface area (Å²) in [4.78, 5) is 15.4. The Bertz CT molecular complexity index is 467. The number of anilines is 2. The van der Waals surface area contributed by atoms with Gasteiger partial charge in [-0.1, -0.05) is 23.2 Å². The van der Waals surface area contributed by atoms with Crippen molar-refractivity contribution >= 4 is 40.7 Å². The van der Waals surface area contributed by atoms with E-state index in [-0.39, 0.29) is 11.9 Å². The number of carbonyl (C=O) groups is 1. The lowest BCUT2D eigenvalue weighted by Gasteiger charge is -2.14. The Labute approximate surface area is 115 Å². The van der Waals surface area contributed by atoms with Crippen LogP contribution in [0.4, 0.5) is 11.6 Å². The minimum absolute atomic E-state index is 0.0122. The van der Waals surface area contributed by atoms with Crippen molar-refractivity contribution in [2.45, 2.75) is 19.4 Å². The molecule has 1 atom stereocenters. The minimum Gasteiger partial charge on any atom is -0.369 e. The summed E-state index contributed by atoms with van der Waals surface area (Å²) in [6.45, 7) is 3.26. The molecule has 0 aliphatic carbocycles. The lowest BCUT2D eigenvalue weighted by Crippen LogP contribution is -2.23. The summed E-state index contributed by atoms with van der Waals surface area (Å²) in [7, 11) is 0. The van der Waals surface area contributed by atoms with Crippen LogP contribution in [0.5, 0.6) is 0 Å². The van der Waals surface area contributed by atoms with E-state index in [0.29, 0.717) is 34.6 Å². The van der Waals surface area contributed by atoms with E-state index in [0.717, 1.165) is 6.54 Å². The molecule has 5 nitrogen and oxygen atoms in total. The molecule has 3 N–H and O–H groups in total. The van der Waals surface area contributed by atoms with E-state index < -0.39 is 0 Å². The fourth-order valence-electron chi connectivity index (χ4n) is 1.76. The Morgan fingerprint density at radius 1 is 1.44 bits per heavy atom. The largest absolute Gasteiger partial charge is 0.369 e. The quantitative estimate of drug-likeness (QED) is 0.794. The zero-order valence-electron chi connectivity index (χ0n) is 9.89. The van der Waals surface area contributed by atoms with Crippen LogP contribution in [0.1, 0.15) is 13.3 Å². The molecular formula is C11H14Cl2N4O. The standard InChI is InChI=1S/C11H14Cl2N4O/c1-2-14-10-7(12)4-8(13)11(17-10)16-6-3-9(18)15-5-6/h4,6H,2-3,5H2,1H3,(H,15,18)(H2,14,16,17). The molecule has 1 fully saturated rings. The number of amides is 1. The van der Waals surface area contributed by atoms with Gasteiger partial charge in [0.25, 0.3) is 0 Å². The SMILES string of the molecule is CCNc1nc(NC2CNC(=O)C2)c(Cl)cc1Cl. The van der Waals surface area contributed by atoms with Crippen molar-refractivity contribution in [3.63, 3.8) is 0 Å². The van der Waals surface area contributed by atoms with Crippen molar-refractivity contribution < 1.29 is 4.79 Å². The molecule has 1 aromatic heterocycles. The third-order valence-corrected chi connectivity index (χ3v) is 3.17. The number of aromatic nitrogens is 1. The fourth-order valence-corrected chi connectivity index (χ4v) is 2.24. The second-order valence-corrected chi connectivity index (χ2v) is 4.84. The first-order chi connectivity index (χ1) is 8.60. The van der Waals surface area contributed by atoms with Gasteiger partial charge in [0.1, 0.15) is 11.6 Å². The lowest BCUT2D eigenvalue weighted by molar-refractivity contribution is -0.119. The maximum atomic E-state index is 11.1. The zero-order chi connectivity index (χ0) is 13.1. The summed E-state index contributed by atoms with van der Waals surface area (Å²) < 4.78 is 0. The van der Waals surface area contributed by atoms with E-state index in [9.17, 15) is 4.79 Å². The Morgan fingerprint density at radius 2 is 2.17 bits per heavy atom. The number of rotatable bonds is 4. The van der Waals surface area contributed by atoms with Gasteiger partial charge in [0, 0.05) is 19.5 Å². The summed E-state index contributed by atoms with van der Waals surface area (Å²) in [6.07, 6.45) is 0.428. The summed E-state index contributed by atoms with van der Waals surface area (Å²) in [5.41, 5.74) is 0. The Kier molecular flexibility index (Phi) is 4.14. The molecule has 0 spiro atoms. The van der Waals surface area contributed by atoms with Gasteiger partial charge < -0.3 is 16.0 Å². The average molecular weight is 289 g/mol. The van der Waals surface area contributed by atoms with Gasteiger partial charge in [-0.2, -0.15) is 0 Å². The molecule has 98 valence electrons. The van der Waals surface area contributed by atoms with E-state index in [2.05, 4.69) is 20.9 Å². The van der Waals surface area contributed by atoms with E-state index in [4.69, 9.17) is 23.2 Å². The molecule has 1 aliphatic rings. The zero-order valence-corrected chi connectivity index (χ0v) is 11.4. The van der Waals surface area contributed by atoms with Crippen LogP contribution in [-0.2, 0) is 4.79 Å². The number of halogens is 2. The average Bonchev–Trinajstić information content (AvgIpc) is 2.71. The van der Waals surface area contributed by atoms with E-state index in [1.165, 1.54) is 0 Å². The summed E-state index contributed by atoms with van der Waals surface area (Å²) in [5.74, 6) is 1.16. The van der Waals surface area contributed by atoms with E-state index in [1.807, 2.05) is 6.92 Å². The van der Waals surface area contributed by atoms with Gasteiger partial charge in [-0.3, -0.25) is 4.79 Å². The number of hydrogen-bond acceptors (Lipinski definition) is 4. The monoisotopic (exact) mass is 288 g/mol. The van der Waals surface area contributed by atoms with Gasteiger partial charge in [0.15, 0.2) is 0 Å². The first kappa shape index (κ1) is 13.2. The second-order valence-electron chi connectivity index (χ2n) is 4.03. The highest BCUT2D eigenvalue weighted by Gasteiger charge is 2.22. The predicted molar refractivity (Wildman–Crippen MR) is 73.5 cm³/mol. The molecule has 1 saturated heterocycles. The van der Waals surface area contributed by atoms with Crippen LogP contribution < -0.4 is 16.0 Å². The molecule has 1 aliphatic heterocycles. The van der Waals surface area contributed by atoms with E-state index >= 15 is 0 Å². The molecule has 0 saturated carbocycles. The van der Waals surface area contributed by atoms with Crippen molar-refractivity contribution in [2.24, 2.45) is 0 Å². The van der Waals surface area contributed by atoms with Crippen LogP contribution in [0.15, 0.2) is 6.07 Å². The Hall–Kier alpha value is -1.20. The highest BCUT2D eigenvalue weighted by molar-refractivity contribution is 6.37. The van der Waals surface area contributed by atoms with E-state index in [1.54, 1.807) is 6.07 Å². The van der Waals surface area contributed by atoms with Crippen molar-refractivity contribution in [2.75, 3.05) is 23.7 Å². The van der Waals surface area contributed by atoms with Gasteiger partial charge in [0.05, 0.1) is 16.1 Å². The van der Waals surface area contributed by atoms with Crippen LogP contribution in [0, 0.1) is 0 Å². The van der Waals surface area contributed by atoms with Crippen molar-refractivity contribution in [3.8, 4) is 0 Å². The maximum Gasteiger partial charge on any atom is 0.222 e. The summed E-state index contributed by atoms with van der Waals surface area (Å²) in [6, 6.07) is 1.65. The summed E-state index contributed by atoms with van der Waals surface area (Å²) >= 11 is 12.1. The molecular weight excluding hydrogens is 275 g/mol. The normalized spacial score (nSPS) is 18.6. The third kappa shape index (κ3) is 2.97. The third-order valence-electron chi connectivity index (χ3n) is 2.59. The first-order valence-electron chi connectivity index (χ1n) is 5.73. The molecule has 1 amide bonds. The highest BCUT2D eigenvalue weighted by Crippen LogP contribution is 2.29. The second kappa shape index (κ2) is 5.63. The molecule has 2 rings (SSSR count). The molecule has 1 unspecified atom stereocenters. The predicted octanol–water partition coefficient (Wildman–Crippen LogP) is 2.12. The van der Waals surface area contributed by atoms with Gasteiger partial charge in [-0.05, 0) is 13.0 Å². The van der Waals surface area contributed by atoms with Gasteiger partial charge in [0.2, 0.25) is 5.91 Å². The van der Waals surface area contributed by atoms with Crippen molar-refractivity contribution in [1.82, 2.24) is 10.3 Å². The van der Waals surface area contributed by atoms with Crippen LogP contribution in [0.2, 0.25) is 10.0 Å². The smallest absolute Gasteiger partial charge is 0.222 e. The van der Waals surface area contributed by atoms with Crippen LogP contribution in [-0.4, -0.2) is 30.0 Å². The molecule has 1 aromatic rings. The number of nitrogens with zero attached hydrogens (tertiary/aromatic N) is 1. The number of nitrogens with one attached hydrogen (secondary N) is 3. The molecule has 2 heterocycles. The Balaban J connectivity index is 2.16. The summed E-state index contributed by atoms with van der Waals surface area (Å²) in [5, 5.41) is 9.86. The maximum absolute atomic E-state index is 11.1. The van der Waals surface area contributed by atoms with Gasteiger partial charge >= 0.3 is 0 Å². The number of hydrogen-bond donors (Lipinski definition) is 3. The molecule has 7 heteroatoms. The van der Waals surface area contributed by atoms with Crippen molar-refractivity contribution in [1.29, 1.82) is 0 Å². The number of carbonyl (C=O) groups excluding carboxylic acids is 1. The number of pyridine rings is 1. The molecule has 0 radical (unpaired) electrons. The van der Waals surface area contributed by atoms with Crippen molar-refractivity contribution in [3.05, 3.63) is 16.1 Å². The molecule has 0 bridgehead atoms. The van der Waals surface area contributed by atoms with Crippen LogP contribution in [0.25, 0.3) is 0 Å².